The minimum atomic E-state index is -0.0672. The highest BCUT2D eigenvalue weighted by Crippen LogP contribution is 2.29. The second-order valence-electron chi connectivity index (χ2n) is 5.13. The quantitative estimate of drug-likeness (QED) is 0.554. The lowest BCUT2D eigenvalue weighted by Gasteiger charge is -2.36. The zero-order chi connectivity index (χ0) is 12.2. The summed E-state index contributed by atoms with van der Waals surface area (Å²) in [5, 5.41) is 0. The van der Waals surface area contributed by atoms with E-state index < -0.39 is 0 Å². The molecule has 0 saturated carbocycles. The molecule has 1 heterocycles. The van der Waals surface area contributed by atoms with Crippen molar-refractivity contribution in [2.75, 3.05) is 13.2 Å². The number of hydrazine groups is 1. The van der Waals surface area contributed by atoms with Crippen LogP contribution in [-0.4, -0.2) is 25.4 Å². The molecular formula is C12H24N2O2. The second-order valence-corrected chi connectivity index (χ2v) is 5.13. The fourth-order valence-electron chi connectivity index (χ4n) is 2.00. The zero-order valence-electron chi connectivity index (χ0n) is 10.7. The van der Waals surface area contributed by atoms with E-state index in [4.69, 9.17) is 15.3 Å². The number of hydrogen-bond donors (Lipinski definition) is 2. The summed E-state index contributed by atoms with van der Waals surface area (Å²) in [7, 11) is 0. The summed E-state index contributed by atoms with van der Waals surface area (Å²) >= 11 is 0. The van der Waals surface area contributed by atoms with Crippen LogP contribution in [0.4, 0.5) is 0 Å². The fraction of sp³-hybridized carbons (Fsp3) is 0.833. The third kappa shape index (κ3) is 3.20. The lowest BCUT2D eigenvalue weighted by Crippen LogP contribution is -2.52. The standard InChI is InChI=1S/C12H24N2O2/c1-5-15-11(12(2,3)4)10(14-13)9-7-6-8-16-9/h7,10-11,14H,5-6,8,13H2,1-4H3. The van der Waals surface area contributed by atoms with Gasteiger partial charge in [0, 0.05) is 13.0 Å². The highest BCUT2D eigenvalue weighted by molar-refractivity contribution is 5.11. The molecule has 2 unspecified atom stereocenters. The van der Waals surface area contributed by atoms with Gasteiger partial charge in [-0.15, -0.1) is 0 Å². The molecule has 4 nitrogen and oxygen atoms in total. The predicted molar refractivity (Wildman–Crippen MR) is 64.6 cm³/mol. The van der Waals surface area contributed by atoms with Crippen LogP contribution in [0.1, 0.15) is 34.1 Å². The average Bonchev–Trinajstić information content (AvgIpc) is 2.69. The molecule has 0 radical (unpaired) electrons. The first kappa shape index (κ1) is 13.5. The van der Waals surface area contributed by atoms with Crippen LogP contribution in [-0.2, 0) is 9.47 Å². The van der Waals surface area contributed by atoms with Gasteiger partial charge in [0.15, 0.2) is 0 Å². The van der Waals surface area contributed by atoms with Gasteiger partial charge in [-0.3, -0.25) is 5.84 Å². The number of ether oxygens (including phenoxy) is 2. The Morgan fingerprint density at radius 1 is 1.56 bits per heavy atom. The molecule has 2 atom stereocenters. The van der Waals surface area contributed by atoms with Crippen molar-refractivity contribution in [1.29, 1.82) is 0 Å². The summed E-state index contributed by atoms with van der Waals surface area (Å²) in [6.45, 7) is 9.85. The molecule has 3 N–H and O–H groups in total. The van der Waals surface area contributed by atoms with Crippen LogP contribution < -0.4 is 11.3 Å². The SMILES string of the molecule is CCOC(C(NN)C1=CCCO1)C(C)(C)C. The minimum absolute atomic E-state index is 0.00634. The number of nitrogens with one attached hydrogen (secondary N) is 1. The smallest absolute Gasteiger partial charge is 0.113 e. The highest BCUT2D eigenvalue weighted by Gasteiger charge is 2.36. The molecule has 0 amide bonds. The van der Waals surface area contributed by atoms with Gasteiger partial charge in [-0.1, -0.05) is 20.8 Å². The summed E-state index contributed by atoms with van der Waals surface area (Å²) in [5.74, 6) is 6.54. The van der Waals surface area contributed by atoms with Gasteiger partial charge in [-0.05, 0) is 18.4 Å². The number of nitrogens with two attached hydrogens (primary N) is 1. The van der Waals surface area contributed by atoms with Crippen molar-refractivity contribution in [2.45, 2.75) is 46.3 Å². The summed E-state index contributed by atoms with van der Waals surface area (Å²) < 4.78 is 11.4. The van der Waals surface area contributed by atoms with Gasteiger partial charge in [0.2, 0.25) is 0 Å². The molecule has 1 aliphatic heterocycles. The zero-order valence-corrected chi connectivity index (χ0v) is 10.7. The van der Waals surface area contributed by atoms with Crippen molar-refractivity contribution in [3.63, 3.8) is 0 Å². The van der Waals surface area contributed by atoms with E-state index >= 15 is 0 Å². The van der Waals surface area contributed by atoms with Crippen molar-refractivity contribution in [2.24, 2.45) is 11.3 Å². The third-order valence-electron chi connectivity index (χ3n) is 2.72. The second kappa shape index (κ2) is 5.66. The highest BCUT2D eigenvalue weighted by atomic mass is 16.5. The predicted octanol–water partition coefficient (Wildman–Crippen LogP) is 1.57. The van der Waals surface area contributed by atoms with Crippen molar-refractivity contribution in [3.05, 3.63) is 11.8 Å². The molecule has 0 aromatic carbocycles. The summed E-state index contributed by atoms with van der Waals surface area (Å²) in [5.41, 5.74) is 2.83. The van der Waals surface area contributed by atoms with E-state index in [0.29, 0.717) is 6.61 Å². The topological polar surface area (TPSA) is 56.5 Å². The Hall–Kier alpha value is -0.580. The van der Waals surface area contributed by atoms with E-state index in [-0.39, 0.29) is 17.6 Å². The molecule has 94 valence electrons. The molecule has 4 heteroatoms. The van der Waals surface area contributed by atoms with E-state index in [1.165, 1.54) is 0 Å². The number of hydrogen-bond acceptors (Lipinski definition) is 4. The van der Waals surface area contributed by atoms with Crippen molar-refractivity contribution in [3.8, 4) is 0 Å². The van der Waals surface area contributed by atoms with Crippen LogP contribution in [0.15, 0.2) is 11.8 Å². The first-order valence-electron chi connectivity index (χ1n) is 5.91. The lowest BCUT2D eigenvalue weighted by molar-refractivity contribution is -0.0377. The average molecular weight is 228 g/mol. The molecule has 0 bridgehead atoms. The number of rotatable bonds is 5. The molecule has 0 saturated heterocycles. The van der Waals surface area contributed by atoms with Gasteiger partial charge in [0.1, 0.15) is 11.8 Å². The van der Waals surface area contributed by atoms with Crippen LogP contribution in [0.5, 0.6) is 0 Å². The van der Waals surface area contributed by atoms with E-state index in [0.717, 1.165) is 18.8 Å². The molecule has 0 aromatic heterocycles. The maximum atomic E-state index is 5.81. The summed E-state index contributed by atoms with van der Waals surface area (Å²) in [6.07, 6.45) is 3.05. The van der Waals surface area contributed by atoms with E-state index in [1.807, 2.05) is 6.92 Å². The van der Waals surface area contributed by atoms with Crippen molar-refractivity contribution < 1.29 is 9.47 Å². The first-order valence-corrected chi connectivity index (χ1v) is 5.91. The van der Waals surface area contributed by atoms with Crippen LogP contribution in [0, 0.1) is 5.41 Å². The van der Waals surface area contributed by atoms with Crippen molar-refractivity contribution in [1.82, 2.24) is 5.43 Å². The van der Waals surface area contributed by atoms with E-state index in [1.54, 1.807) is 0 Å². The first-order chi connectivity index (χ1) is 7.50. The van der Waals surface area contributed by atoms with E-state index in [9.17, 15) is 0 Å². The molecule has 0 aromatic rings. The minimum Gasteiger partial charge on any atom is -0.496 e. The van der Waals surface area contributed by atoms with Crippen LogP contribution >= 0.6 is 0 Å². The van der Waals surface area contributed by atoms with Gasteiger partial charge in [0.25, 0.3) is 0 Å². The van der Waals surface area contributed by atoms with Gasteiger partial charge in [0.05, 0.1) is 12.7 Å². The Labute approximate surface area is 98.1 Å². The van der Waals surface area contributed by atoms with Gasteiger partial charge in [-0.2, -0.15) is 0 Å². The maximum absolute atomic E-state index is 5.81. The Kier molecular flexibility index (Phi) is 4.77. The van der Waals surface area contributed by atoms with Crippen LogP contribution in [0.25, 0.3) is 0 Å². The van der Waals surface area contributed by atoms with Gasteiger partial charge < -0.3 is 9.47 Å². The monoisotopic (exact) mass is 228 g/mol. The van der Waals surface area contributed by atoms with Crippen LogP contribution in [0.3, 0.4) is 0 Å². The molecule has 1 rings (SSSR count). The molecular weight excluding hydrogens is 204 g/mol. The normalized spacial score (nSPS) is 20.2. The maximum Gasteiger partial charge on any atom is 0.113 e. The molecule has 0 spiro atoms. The van der Waals surface area contributed by atoms with Crippen LogP contribution in [0.2, 0.25) is 0 Å². The largest absolute Gasteiger partial charge is 0.496 e. The summed E-state index contributed by atoms with van der Waals surface area (Å²) in [4.78, 5) is 0. The fourth-order valence-corrected chi connectivity index (χ4v) is 2.00. The molecule has 1 aliphatic rings. The summed E-state index contributed by atoms with van der Waals surface area (Å²) in [6, 6.07) is -0.0672. The Morgan fingerprint density at radius 3 is 2.62 bits per heavy atom. The molecule has 16 heavy (non-hydrogen) atoms. The Morgan fingerprint density at radius 2 is 2.25 bits per heavy atom. The van der Waals surface area contributed by atoms with Gasteiger partial charge >= 0.3 is 0 Å². The van der Waals surface area contributed by atoms with Gasteiger partial charge in [-0.25, -0.2) is 5.43 Å². The van der Waals surface area contributed by atoms with Crippen molar-refractivity contribution >= 4 is 0 Å². The van der Waals surface area contributed by atoms with E-state index in [2.05, 4.69) is 32.3 Å². The Balaban J connectivity index is 2.80. The molecule has 0 aliphatic carbocycles. The third-order valence-corrected chi connectivity index (χ3v) is 2.72. The Bertz CT molecular complexity index is 246. The molecule has 0 fully saturated rings. The lowest BCUT2D eigenvalue weighted by atomic mass is 9.84.